The average molecular weight is 368 g/mol. The number of piperidine rings is 1. The number of hydrogen-bond acceptors (Lipinski definition) is 6. The predicted octanol–water partition coefficient (Wildman–Crippen LogP) is 1.48. The summed E-state index contributed by atoms with van der Waals surface area (Å²) in [6, 6.07) is 5.15. The van der Waals surface area contributed by atoms with Crippen molar-refractivity contribution in [2.75, 3.05) is 32.9 Å². The van der Waals surface area contributed by atoms with Crippen molar-refractivity contribution in [3.8, 4) is 0 Å². The fourth-order valence-electron chi connectivity index (χ4n) is 3.32. The molecule has 1 fully saturated rings. The molecule has 1 aliphatic heterocycles. The third kappa shape index (κ3) is 4.05. The zero-order chi connectivity index (χ0) is 19.6. The predicted molar refractivity (Wildman–Crippen MR) is 101 cm³/mol. The molecule has 1 saturated heterocycles. The van der Waals surface area contributed by atoms with Gasteiger partial charge in [-0.05, 0) is 38.0 Å². The first kappa shape index (κ1) is 18.8. The van der Waals surface area contributed by atoms with E-state index in [0.29, 0.717) is 30.0 Å². The minimum Gasteiger partial charge on any atom is -0.368 e. The lowest BCUT2D eigenvalue weighted by Crippen LogP contribution is -2.39. The Balaban J connectivity index is 1.78. The van der Waals surface area contributed by atoms with E-state index < -0.39 is 0 Å². The van der Waals surface area contributed by atoms with Gasteiger partial charge in [0.1, 0.15) is 5.69 Å². The highest BCUT2D eigenvalue weighted by atomic mass is 16.2. The third-order valence-corrected chi connectivity index (χ3v) is 4.76. The maximum absolute atomic E-state index is 13.0. The SMILES string of the molecule is Cc1nc(C(=O)N(C)C)ccc1C(=O)N1CCCC(c2ccnc(N)n2)C1. The van der Waals surface area contributed by atoms with E-state index in [0.717, 1.165) is 18.5 Å². The summed E-state index contributed by atoms with van der Waals surface area (Å²) in [6.07, 6.45) is 3.49. The lowest BCUT2D eigenvalue weighted by atomic mass is 9.94. The Labute approximate surface area is 158 Å². The summed E-state index contributed by atoms with van der Waals surface area (Å²) in [7, 11) is 3.35. The molecule has 27 heavy (non-hydrogen) atoms. The number of hydrogen-bond donors (Lipinski definition) is 1. The van der Waals surface area contributed by atoms with Crippen LogP contribution in [0.4, 0.5) is 5.95 Å². The molecule has 3 heterocycles. The maximum atomic E-state index is 13.0. The number of carbonyl (C=O) groups excluding carboxylic acids is 2. The topological polar surface area (TPSA) is 105 Å². The molecule has 0 saturated carbocycles. The molecule has 8 nitrogen and oxygen atoms in total. The number of nitrogens with two attached hydrogens (primary N) is 1. The van der Waals surface area contributed by atoms with Gasteiger partial charge in [0.2, 0.25) is 5.95 Å². The minimum absolute atomic E-state index is 0.0735. The van der Waals surface area contributed by atoms with Crippen molar-refractivity contribution in [3.63, 3.8) is 0 Å². The Morgan fingerprint density at radius 2 is 2.00 bits per heavy atom. The van der Waals surface area contributed by atoms with Gasteiger partial charge in [-0.1, -0.05) is 0 Å². The first-order valence-corrected chi connectivity index (χ1v) is 8.94. The van der Waals surface area contributed by atoms with Gasteiger partial charge < -0.3 is 15.5 Å². The van der Waals surface area contributed by atoms with Gasteiger partial charge in [-0.25, -0.2) is 15.0 Å². The lowest BCUT2D eigenvalue weighted by Gasteiger charge is -2.32. The number of anilines is 1. The smallest absolute Gasteiger partial charge is 0.271 e. The summed E-state index contributed by atoms with van der Waals surface area (Å²) in [4.78, 5) is 40.9. The van der Waals surface area contributed by atoms with Gasteiger partial charge in [0.25, 0.3) is 11.8 Å². The highest BCUT2D eigenvalue weighted by Crippen LogP contribution is 2.27. The Kier molecular flexibility index (Phi) is 5.34. The van der Waals surface area contributed by atoms with Crippen molar-refractivity contribution in [1.82, 2.24) is 24.8 Å². The summed E-state index contributed by atoms with van der Waals surface area (Å²) in [5.41, 5.74) is 7.96. The van der Waals surface area contributed by atoms with E-state index in [1.54, 1.807) is 39.3 Å². The Hall–Kier alpha value is -3.03. The second-order valence-electron chi connectivity index (χ2n) is 6.96. The zero-order valence-electron chi connectivity index (χ0n) is 15.8. The molecule has 0 bridgehead atoms. The molecule has 2 aromatic heterocycles. The monoisotopic (exact) mass is 368 g/mol. The van der Waals surface area contributed by atoms with Crippen molar-refractivity contribution >= 4 is 17.8 Å². The van der Waals surface area contributed by atoms with Gasteiger partial charge in [-0.3, -0.25) is 9.59 Å². The van der Waals surface area contributed by atoms with E-state index in [2.05, 4.69) is 15.0 Å². The van der Waals surface area contributed by atoms with Crippen LogP contribution in [0, 0.1) is 6.92 Å². The van der Waals surface area contributed by atoms with E-state index in [1.807, 2.05) is 11.0 Å². The van der Waals surface area contributed by atoms with E-state index in [-0.39, 0.29) is 23.7 Å². The van der Waals surface area contributed by atoms with Crippen molar-refractivity contribution in [2.24, 2.45) is 0 Å². The number of nitrogen functional groups attached to an aromatic ring is 1. The number of amides is 2. The number of aromatic nitrogens is 3. The van der Waals surface area contributed by atoms with Crippen LogP contribution >= 0.6 is 0 Å². The van der Waals surface area contributed by atoms with Gasteiger partial charge in [-0.2, -0.15) is 0 Å². The van der Waals surface area contributed by atoms with Crippen molar-refractivity contribution < 1.29 is 9.59 Å². The molecule has 2 N–H and O–H groups in total. The number of pyridine rings is 1. The Morgan fingerprint density at radius 1 is 1.22 bits per heavy atom. The second-order valence-corrected chi connectivity index (χ2v) is 6.96. The molecular formula is C19H24N6O2. The first-order valence-electron chi connectivity index (χ1n) is 8.94. The van der Waals surface area contributed by atoms with Crippen LogP contribution in [0.15, 0.2) is 24.4 Å². The second kappa shape index (κ2) is 7.69. The van der Waals surface area contributed by atoms with Crippen LogP contribution in [-0.4, -0.2) is 63.8 Å². The molecular weight excluding hydrogens is 344 g/mol. The Bertz CT molecular complexity index is 867. The van der Waals surface area contributed by atoms with Gasteiger partial charge >= 0.3 is 0 Å². The van der Waals surface area contributed by atoms with Gasteiger partial charge in [-0.15, -0.1) is 0 Å². The van der Waals surface area contributed by atoms with Crippen molar-refractivity contribution in [2.45, 2.75) is 25.7 Å². The normalized spacial score (nSPS) is 16.9. The Morgan fingerprint density at radius 3 is 2.67 bits per heavy atom. The van der Waals surface area contributed by atoms with Crippen LogP contribution in [0.25, 0.3) is 0 Å². The molecule has 0 aliphatic carbocycles. The summed E-state index contributed by atoms with van der Waals surface area (Å²) in [5, 5.41) is 0. The molecule has 142 valence electrons. The largest absolute Gasteiger partial charge is 0.368 e. The van der Waals surface area contributed by atoms with Gasteiger partial charge in [0, 0.05) is 39.3 Å². The summed E-state index contributed by atoms with van der Waals surface area (Å²) < 4.78 is 0. The average Bonchev–Trinajstić information content (AvgIpc) is 2.67. The maximum Gasteiger partial charge on any atom is 0.271 e. The summed E-state index contributed by atoms with van der Waals surface area (Å²) in [5.74, 6) is 0.125. The molecule has 3 rings (SSSR count). The van der Waals surface area contributed by atoms with E-state index in [1.165, 1.54) is 4.90 Å². The summed E-state index contributed by atoms with van der Waals surface area (Å²) >= 11 is 0. The quantitative estimate of drug-likeness (QED) is 0.880. The fraction of sp³-hybridized carbons (Fsp3) is 0.421. The molecule has 1 unspecified atom stereocenters. The highest BCUT2D eigenvalue weighted by molar-refractivity contribution is 5.97. The number of nitrogens with zero attached hydrogens (tertiary/aromatic N) is 5. The van der Waals surface area contributed by atoms with Crippen molar-refractivity contribution in [1.29, 1.82) is 0 Å². The summed E-state index contributed by atoms with van der Waals surface area (Å²) in [6.45, 7) is 3.02. The van der Waals surface area contributed by atoms with Gasteiger partial charge in [0.05, 0.1) is 17.0 Å². The van der Waals surface area contributed by atoms with E-state index in [4.69, 9.17) is 5.73 Å². The molecule has 0 aromatic carbocycles. The van der Waals surface area contributed by atoms with Crippen molar-refractivity contribution in [3.05, 3.63) is 47.0 Å². The van der Waals surface area contributed by atoms with Crippen LogP contribution < -0.4 is 5.73 Å². The first-order chi connectivity index (χ1) is 12.9. The van der Waals surface area contributed by atoms with E-state index >= 15 is 0 Å². The molecule has 2 aromatic rings. The highest BCUT2D eigenvalue weighted by Gasteiger charge is 2.27. The molecule has 0 spiro atoms. The van der Waals surface area contributed by atoms with Crippen LogP contribution in [0.2, 0.25) is 0 Å². The third-order valence-electron chi connectivity index (χ3n) is 4.76. The number of aryl methyl sites for hydroxylation is 1. The van der Waals surface area contributed by atoms with Crippen LogP contribution in [0.1, 0.15) is 51.0 Å². The fourth-order valence-corrected chi connectivity index (χ4v) is 3.32. The lowest BCUT2D eigenvalue weighted by molar-refractivity contribution is 0.0703. The molecule has 0 radical (unpaired) electrons. The van der Waals surface area contributed by atoms with Crippen LogP contribution in [0.5, 0.6) is 0 Å². The molecule has 2 amide bonds. The van der Waals surface area contributed by atoms with Crippen LogP contribution in [-0.2, 0) is 0 Å². The van der Waals surface area contributed by atoms with Gasteiger partial charge in [0.15, 0.2) is 0 Å². The molecule has 1 aliphatic rings. The number of rotatable bonds is 3. The number of likely N-dealkylation sites (tertiary alicyclic amines) is 1. The minimum atomic E-state index is -0.184. The zero-order valence-corrected chi connectivity index (χ0v) is 15.8. The standard InChI is InChI=1S/C19H24N6O2/c1-12-14(6-7-16(22-12)18(27)24(2)3)17(26)25-10-4-5-13(11-25)15-8-9-21-19(20)23-15/h6-9,13H,4-5,10-11H2,1-3H3,(H2,20,21,23). The number of carbonyl (C=O) groups is 2. The van der Waals surface area contributed by atoms with Crippen LogP contribution in [0.3, 0.4) is 0 Å². The molecule has 8 heteroatoms. The van der Waals surface area contributed by atoms with E-state index in [9.17, 15) is 9.59 Å². The molecule has 1 atom stereocenters.